The zero-order valence-electron chi connectivity index (χ0n) is 11.5. The number of anilines is 1. The van der Waals surface area contributed by atoms with Gasteiger partial charge in [-0.1, -0.05) is 25.8 Å². The van der Waals surface area contributed by atoms with Gasteiger partial charge >= 0.3 is 0 Å². The number of nitrogen functional groups attached to an aromatic ring is 1. The molecule has 0 saturated carbocycles. The lowest BCUT2D eigenvalue weighted by Gasteiger charge is -2.33. The van der Waals surface area contributed by atoms with Gasteiger partial charge in [-0.2, -0.15) is 0 Å². The summed E-state index contributed by atoms with van der Waals surface area (Å²) in [5.74, 6) is 0.140. The first-order valence-corrected chi connectivity index (χ1v) is 7.84. The van der Waals surface area contributed by atoms with E-state index in [-0.39, 0.29) is 5.84 Å². The predicted octanol–water partition coefficient (Wildman–Crippen LogP) is 3.89. The van der Waals surface area contributed by atoms with Gasteiger partial charge in [-0.25, -0.2) is 0 Å². The zero-order valence-corrected chi connectivity index (χ0v) is 13.0. The summed E-state index contributed by atoms with van der Waals surface area (Å²) in [6.07, 6.45) is 6.21. The highest BCUT2D eigenvalue weighted by Crippen LogP contribution is 2.32. The number of rotatable bonds is 3. The molecule has 1 aliphatic heterocycles. The second-order valence-electron chi connectivity index (χ2n) is 5.15. The Labute approximate surface area is 123 Å². The summed E-state index contributed by atoms with van der Waals surface area (Å²) in [5.41, 5.74) is 7.72. The molecule has 0 radical (unpaired) electrons. The summed E-state index contributed by atoms with van der Waals surface area (Å²) in [5, 5.41) is 7.83. The lowest BCUT2D eigenvalue weighted by molar-refractivity contribution is 0.556. The molecule has 4 heteroatoms. The van der Waals surface area contributed by atoms with Gasteiger partial charge in [-0.3, -0.25) is 5.41 Å². The molecule has 1 heterocycles. The summed E-state index contributed by atoms with van der Waals surface area (Å²) in [7, 11) is 0. The minimum Gasteiger partial charge on any atom is -0.384 e. The van der Waals surface area contributed by atoms with E-state index in [4.69, 9.17) is 11.1 Å². The minimum atomic E-state index is 0.140. The Morgan fingerprint density at radius 3 is 2.89 bits per heavy atom. The first-order chi connectivity index (χ1) is 9.15. The maximum absolute atomic E-state index is 7.83. The summed E-state index contributed by atoms with van der Waals surface area (Å²) < 4.78 is 0.914. The van der Waals surface area contributed by atoms with Crippen LogP contribution in [0.15, 0.2) is 22.7 Å². The van der Waals surface area contributed by atoms with Crippen LogP contribution >= 0.6 is 15.9 Å². The van der Waals surface area contributed by atoms with Gasteiger partial charge in [0.2, 0.25) is 0 Å². The average Bonchev–Trinajstić information content (AvgIpc) is 2.62. The number of benzene rings is 1. The quantitative estimate of drug-likeness (QED) is 0.654. The van der Waals surface area contributed by atoms with E-state index in [0.29, 0.717) is 6.04 Å². The molecular weight excluding hydrogens is 302 g/mol. The van der Waals surface area contributed by atoms with Crippen molar-refractivity contribution in [3.63, 3.8) is 0 Å². The summed E-state index contributed by atoms with van der Waals surface area (Å²) in [6.45, 7) is 3.31. The molecule has 19 heavy (non-hydrogen) atoms. The van der Waals surface area contributed by atoms with Crippen molar-refractivity contribution in [1.82, 2.24) is 0 Å². The molecule has 0 aliphatic carbocycles. The molecule has 0 aromatic heterocycles. The Bertz CT molecular complexity index is 459. The van der Waals surface area contributed by atoms with Crippen LogP contribution in [0.25, 0.3) is 0 Å². The third-order valence-corrected chi connectivity index (χ3v) is 4.58. The van der Waals surface area contributed by atoms with E-state index in [1.54, 1.807) is 0 Å². The van der Waals surface area contributed by atoms with E-state index < -0.39 is 0 Å². The normalized spacial score (nSPS) is 20.1. The summed E-state index contributed by atoms with van der Waals surface area (Å²) in [6, 6.07) is 6.65. The second-order valence-corrected chi connectivity index (χ2v) is 6.01. The van der Waals surface area contributed by atoms with E-state index in [2.05, 4.69) is 33.8 Å². The third-order valence-electron chi connectivity index (χ3n) is 3.92. The Morgan fingerprint density at radius 2 is 2.21 bits per heavy atom. The Hall–Kier alpha value is -1.03. The van der Waals surface area contributed by atoms with Crippen molar-refractivity contribution in [3.8, 4) is 0 Å². The number of nitrogens with two attached hydrogens (primary N) is 1. The van der Waals surface area contributed by atoms with E-state index in [1.165, 1.54) is 25.7 Å². The molecule has 1 aromatic rings. The smallest absolute Gasteiger partial charge is 0.126 e. The molecule has 1 aromatic carbocycles. The topological polar surface area (TPSA) is 53.1 Å². The number of hydrogen-bond donors (Lipinski definition) is 2. The van der Waals surface area contributed by atoms with Crippen molar-refractivity contribution < 1.29 is 0 Å². The number of halogens is 1. The van der Waals surface area contributed by atoms with Crippen LogP contribution in [-0.4, -0.2) is 18.4 Å². The van der Waals surface area contributed by atoms with Crippen molar-refractivity contribution in [1.29, 1.82) is 5.41 Å². The lowest BCUT2D eigenvalue weighted by Crippen LogP contribution is -2.36. The van der Waals surface area contributed by atoms with Crippen LogP contribution in [0.3, 0.4) is 0 Å². The van der Waals surface area contributed by atoms with Gasteiger partial charge in [0.05, 0.1) is 5.56 Å². The molecule has 1 saturated heterocycles. The Kier molecular flexibility index (Phi) is 4.86. The van der Waals surface area contributed by atoms with Crippen LogP contribution < -0.4 is 10.6 Å². The molecule has 3 nitrogen and oxygen atoms in total. The van der Waals surface area contributed by atoms with Gasteiger partial charge in [0.25, 0.3) is 0 Å². The number of nitrogens with one attached hydrogen (secondary N) is 1. The van der Waals surface area contributed by atoms with Gasteiger partial charge in [0.1, 0.15) is 5.84 Å². The van der Waals surface area contributed by atoms with Gasteiger partial charge in [0.15, 0.2) is 0 Å². The standard InChI is InChI=1S/C15H22BrN3/c1-2-11-7-4-3-5-10-19(11)13-9-6-8-12(16)14(13)15(17)18/h6,8-9,11H,2-5,7,10H2,1H3,(H3,17,18). The summed E-state index contributed by atoms with van der Waals surface area (Å²) >= 11 is 3.53. The number of nitrogens with zero attached hydrogens (tertiary/aromatic N) is 1. The van der Waals surface area contributed by atoms with Crippen molar-refractivity contribution in [2.45, 2.75) is 45.1 Å². The van der Waals surface area contributed by atoms with Gasteiger partial charge in [-0.15, -0.1) is 0 Å². The molecule has 104 valence electrons. The fourth-order valence-corrected chi connectivity index (χ4v) is 3.51. The van der Waals surface area contributed by atoms with Crippen molar-refractivity contribution in [2.75, 3.05) is 11.4 Å². The predicted molar refractivity (Wildman–Crippen MR) is 85.1 cm³/mol. The van der Waals surface area contributed by atoms with Crippen LogP contribution in [0.1, 0.15) is 44.6 Å². The van der Waals surface area contributed by atoms with Crippen LogP contribution in [0.5, 0.6) is 0 Å². The fourth-order valence-electron chi connectivity index (χ4n) is 2.94. The SMILES string of the molecule is CCC1CCCCCN1c1cccc(Br)c1C(=N)N. The fraction of sp³-hybridized carbons (Fsp3) is 0.533. The monoisotopic (exact) mass is 323 g/mol. The summed E-state index contributed by atoms with van der Waals surface area (Å²) in [4.78, 5) is 2.45. The first kappa shape index (κ1) is 14.4. The highest BCUT2D eigenvalue weighted by molar-refractivity contribution is 9.10. The number of amidine groups is 1. The van der Waals surface area contributed by atoms with E-state index in [0.717, 1.165) is 28.7 Å². The number of hydrogen-bond acceptors (Lipinski definition) is 2. The minimum absolute atomic E-state index is 0.140. The average molecular weight is 324 g/mol. The molecular formula is C15H22BrN3. The highest BCUT2D eigenvalue weighted by atomic mass is 79.9. The van der Waals surface area contributed by atoms with Crippen LogP contribution in [-0.2, 0) is 0 Å². The molecule has 1 atom stereocenters. The van der Waals surface area contributed by atoms with Gasteiger partial charge < -0.3 is 10.6 Å². The van der Waals surface area contributed by atoms with Crippen LogP contribution in [0.2, 0.25) is 0 Å². The van der Waals surface area contributed by atoms with E-state index in [9.17, 15) is 0 Å². The third kappa shape index (κ3) is 3.11. The second kappa shape index (κ2) is 6.42. The van der Waals surface area contributed by atoms with Crippen molar-refractivity contribution in [3.05, 3.63) is 28.2 Å². The van der Waals surface area contributed by atoms with E-state index >= 15 is 0 Å². The van der Waals surface area contributed by atoms with Crippen LogP contribution in [0.4, 0.5) is 5.69 Å². The maximum Gasteiger partial charge on any atom is 0.126 e. The Morgan fingerprint density at radius 1 is 1.42 bits per heavy atom. The van der Waals surface area contributed by atoms with E-state index in [1.807, 2.05) is 12.1 Å². The van der Waals surface area contributed by atoms with Gasteiger partial charge in [0, 0.05) is 22.7 Å². The molecule has 0 bridgehead atoms. The molecule has 0 amide bonds. The maximum atomic E-state index is 7.83. The zero-order chi connectivity index (χ0) is 13.8. The van der Waals surface area contributed by atoms with Crippen molar-refractivity contribution in [2.24, 2.45) is 5.73 Å². The van der Waals surface area contributed by atoms with Crippen LogP contribution in [0, 0.1) is 5.41 Å². The largest absolute Gasteiger partial charge is 0.384 e. The molecule has 1 fully saturated rings. The molecule has 1 aliphatic rings. The lowest BCUT2D eigenvalue weighted by atomic mass is 10.0. The molecule has 0 spiro atoms. The molecule has 1 unspecified atom stereocenters. The Balaban J connectivity index is 2.43. The molecule has 3 N–H and O–H groups in total. The van der Waals surface area contributed by atoms with Gasteiger partial charge in [-0.05, 0) is 47.3 Å². The first-order valence-electron chi connectivity index (χ1n) is 7.04. The highest BCUT2D eigenvalue weighted by Gasteiger charge is 2.23. The van der Waals surface area contributed by atoms with Crippen molar-refractivity contribution >= 4 is 27.5 Å². The molecule has 2 rings (SSSR count).